The maximum absolute atomic E-state index is 5.55. The van der Waals surface area contributed by atoms with Crippen molar-refractivity contribution in [3.63, 3.8) is 0 Å². The molecular formula is C17H15N3O. The van der Waals surface area contributed by atoms with Crippen molar-refractivity contribution in [2.45, 2.75) is 6.92 Å². The molecule has 1 heterocycles. The third-order valence-electron chi connectivity index (χ3n) is 3.02. The van der Waals surface area contributed by atoms with Crippen LogP contribution in [0, 0.1) is 0 Å². The molecule has 104 valence electrons. The van der Waals surface area contributed by atoms with Gasteiger partial charge in [0.05, 0.1) is 6.61 Å². The van der Waals surface area contributed by atoms with E-state index in [2.05, 4.69) is 15.2 Å². The summed E-state index contributed by atoms with van der Waals surface area (Å²) in [7, 11) is 0. The number of hydrogen-bond acceptors (Lipinski definition) is 4. The van der Waals surface area contributed by atoms with Gasteiger partial charge in [0.2, 0.25) is 0 Å². The van der Waals surface area contributed by atoms with Crippen LogP contribution < -0.4 is 4.74 Å². The summed E-state index contributed by atoms with van der Waals surface area (Å²) in [6.45, 7) is 2.45. The van der Waals surface area contributed by atoms with Crippen LogP contribution in [0.2, 0.25) is 0 Å². The summed E-state index contributed by atoms with van der Waals surface area (Å²) in [6, 6.07) is 19.7. The number of aromatic nitrogens is 3. The zero-order valence-corrected chi connectivity index (χ0v) is 11.7. The largest absolute Gasteiger partial charge is 0.475 e. The fraction of sp³-hybridized carbons (Fsp3) is 0.118. The molecule has 0 N–H and O–H groups in total. The van der Waals surface area contributed by atoms with E-state index < -0.39 is 0 Å². The number of nitrogens with zero attached hydrogens (tertiary/aromatic N) is 3. The van der Waals surface area contributed by atoms with Crippen LogP contribution in [0.3, 0.4) is 0 Å². The molecule has 2 aromatic carbocycles. The zero-order valence-electron chi connectivity index (χ0n) is 11.7. The van der Waals surface area contributed by atoms with Crippen LogP contribution in [-0.4, -0.2) is 21.8 Å². The van der Waals surface area contributed by atoms with Crippen LogP contribution in [0.15, 0.2) is 60.7 Å². The second-order valence-electron chi connectivity index (χ2n) is 4.45. The first-order chi connectivity index (χ1) is 10.4. The molecule has 3 aromatic rings. The average molecular weight is 277 g/mol. The molecule has 0 aliphatic rings. The predicted octanol–water partition coefficient (Wildman–Crippen LogP) is 3.60. The monoisotopic (exact) mass is 277 g/mol. The molecule has 0 radical (unpaired) electrons. The standard InChI is InChI=1S/C17H15N3O/c1-2-21-17-15(13-9-5-3-6-10-13)18-16(19-20-17)14-11-7-4-8-12-14/h3-12H,2H2,1H3. The lowest BCUT2D eigenvalue weighted by Crippen LogP contribution is -2.03. The van der Waals surface area contributed by atoms with Gasteiger partial charge in [0, 0.05) is 11.1 Å². The molecule has 0 aliphatic carbocycles. The molecule has 4 heteroatoms. The second kappa shape index (κ2) is 6.13. The smallest absolute Gasteiger partial charge is 0.260 e. The molecule has 0 atom stereocenters. The Kier molecular flexibility index (Phi) is 3.87. The van der Waals surface area contributed by atoms with E-state index in [0.29, 0.717) is 24.0 Å². The Morgan fingerprint density at radius 1 is 0.810 bits per heavy atom. The highest BCUT2D eigenvalue weighted by Gasteiger charge is 2.13. The SMILES string of the molecule is CCOc1nnc(-c2ccccc2)nc1-c1ccccc1. The lowest BCUT2D eigenvalue weighted by atomic mass is 10.1. The third-order valence-corrected chi connectivity index (χ3v) is 3.02. The van der Waals surface area contributed by atoms with Crippen molar-refractivity contribution in [2.24, 2.45) is 0 Å². The fourth-order valence-corrected chi connectivity index (χ4v) is 2.04. The quantitative estimate of drug-likeness (QED) is 0.731. The summed E-state index contributed by atoms with van der Waals surface area (Å²) >= 11 is 0. The molecule has 21 heavy (non-hydrogen) atoms. The van der Waals surface area contributed by atoms with Gasteiger partial charge in [-0.3, -0.25) is 0 Å². The lowest BCUT2D eigenvalue weighted by molar-refractivity contribution is 0.322. The summed E-state index contributed by atoms with van der Waals surface area (Å²) in [5.74, 6) is 1.06. The Bertz CT molecular complexity index is 715. The maximum atomic E-state index is 5.55. The Balaban J connectivity index is 2.11. The molecule has 0 spiro atoms. The van der Waals surface area contributed by atoms with Crippen LogP contribution in [0.4, 0.5) is 0 Å². The minimum absolute atomic E-state index is 0.461. The van der Waals surface area contributed by atoms with Crippen molar-refractivity contribution in [1.29, 1.82) is 0 Å². The van der Waals surface area contributed by atoms with E-state index in [1.165, 1.54) is 0 Å². The molecule has 0 bridgehead atoms. The maximum Gasteiger partial charge on any atom is 0.260 e. The number of ether oxygens (including phenoxy) is 1. The van der Waals surface area contributed by atoms with Crippen molar-refractivity contribution in [3.8, 4) is 28.5 Å². The Hall–Kier alpha value is -2.75. The molecule has 0 aliphatic heterocycles. The van der Waals surface area contributed by atoms with Crippen molar-refractivity contribution < 1.29 is 4.74 Å². The Labute approximate surface area is 123 Å². The van der Waals surface area contributed by atoms with E-state index in [1.54, 1.807) is 0 Å². The van der Waals surface area contributed by atoms with Crippen molar-refractivity contribution in [1.82, 2.24) is 15.2 Å². The molecule has 0 fully saturated rings. The zero-order chi connectivity index (χ0) is 14.5. The highest BCUT2D eigenvalue weighted by molar-refractivity contribution is 5.67. The molecule has 0 saturated heterocycles. The first-order valence-corrected chi connectivity index (χ1v) is 6.87. The van der Waals surface area contributed by atoms with Gasteiger partial charge in [0.15, 0.2) is 5.82 Å². The van der Waals surface area contributed by atoms with Crippen molar-refractivity contribution >= 4 is 0 Å². The van der Waals surface area contributed by atoms with Crippen LogP contribution in [0.5, 0.6) is 5.88 Å². The molecule has 4 nitrogen and oxygen atoms in total. The first kappa shape index (κ1) is 13.2. The van der Waals surface area contributed by atoms with Gasteiger partial charge in [-0.25, -0.2) is 4.98 Å². The molecule has 3 rings (SSSR count). The topological polar surface area (TPSA) is 47.9 Å². The summed E-state index contributed by atoms with van der Waals surface area (Å²) in [5.41, 5.74) is 2.62. The van der Waals surface area contributed by atoms with Crippen molar-refractivity contribution in [2.75, 3.05) is 6.61 Å². The number of benzene rings is 2. The van der Waals surface area contributed by atoms with Gasteiger partial charge >= 0.3 is 0 Å². The molecule has 0 amide bonds. The van der Waals surface area contributed by atoms with E-state index in [4.69, 9.17) is 4.74 Å². The molecule has 0 saturated carbocycles. The van der Waals surface area contributed by atoms with Gasteiger partial charge < -0.3 is 4.74 Å². The molecule has 0 unspecified atom stereocenters. The minimum Gasteiger partial charge on any atom is -0.475 e. The first-order valence-electron chi connectivity index (χ1n) is 6.87. The van der Waals surface area contributed by atoms with Gasteiger partial charge in [0.25, 0.3) is 5.88 Å². The highest BCUT2D eigenvalue weighted by atomic mass is 16.5. The second-order valence-corrected chi connectivity index (χ2v) is 4.45. The highest BCUT2D eigenvalue weighted by Crippen LogP contribution is 2.27. The van der Waals surface area contributed by atoms with Gasteiger partial charge in [-0.1, -0.05) is 60.7 Å². The van der Waals surface area contributed by atoms with Crippen LogP contribution in [0.25, 0.3) is 22.6 Å². The summed E-state index contributed by atoms with van der Waals surface area (Å²) < 4.78 is 5.55. The summed E-state index contributed by atoms with van der Waals surface area (Å²) in [6.07, 6.45) is 0. The van der Waals surface area contributed by atoms with E-state index in [0.717, 1.165) is 11.1 Å². The van der Waals surface area contributed by atoms with Crippen LogP contribution >= 0.6 is 0 Å². The number of hydrogen-bond donors (Lipinski definition) is 0. The summed E-state index contributed by atoms with van der Waals surface area (Å²) in [4.78, 5) is 4.63. The van der Waals surface area contributed by atoms with Crippen LogP contribution in [0.1, 0.15) is 6.92 Å². The predicted molar refractivity (Wildman–Crippen MR) is 81.9 cm³/mol. The van der Waals surface area contributed by atoms with E-state index >= 15 is 0 Å². The molecule has 1 aromatic heterocycles. The van der Waals surface area contributed by atoms with E-state index in [9.17, 15) is 0 Å². The molecular weight excluding hydrogens is 262 g/mol. The van der Waals surface area contributed by atoms with E-state index in [1.807, 2.05) is 67.6 Å². The summed E-state index contributed by atoms with van der Waals surface area (Å²) in [5, 5.41) is 8.35. The minimum atomic E-state index is 0.461. The van der Waals surface area contributed by atoms with Gasteiger partial charge in [-0.15, -0.1) is 10.2 Å². The van der Waals surface area contributed by atoms with Crippen molar-refractivity contribution in [3.05, 3.63) is 60.7 Å². The average Bonchev–Trinajstić information content (AvgIpc) is 2.57. The van der Waals surface area contributed by atoms with Crippen LogP contribution in [-0.2, 0) is 0 Å². The van der Waals surface area contributed by atoms with Gasteiger partial charge in [-0.05, 0) is 6.92 Å². The Morgan fingerprint density at radius 2 is 1.43 bits per heavy atom. The Morgan fingerprint density at radius 3 is 2.05 bits per heavy atom. The van der Waals surface area contributed by atoms with Gasteiger partial charge in [-0.2, -0.15) is 0 Å². The van der Waals surface area contributed by atoms with Gasteiger partial charge in [0.1, 0.15) is 5.69 Å². The normalized spacial score (nSPS) is 10.3. The number of rotatable bonds is 4. The lowest BCUT2D eigenvalue weighted by Gasteiger charge is -2.09. The third kappa shape index (κ3) is 2.89. The van der Waals surface area contributed by atoms with E-state index in [-0.39, 0.29) is 0 Å². The fourth-order valence-electron chi connectivity index (χ4n) is 2.04.